The summed E-state index contributed by atoms with van der Waals surface area (Å²) in [5.74, 6) is 0.300. The van der Waals surface area contributed by atoms with Gasteiger partial charge in [0.25, 0.3) is 5.91 Å². The van der Waals surface area contributed by atoms with Crippen LogP contribution >= 0.6 is 0 Å². The Hall–Kier alpha value is -4.35. The minimum atomic E-state index is -1.04. The molecule has 45 heavy (non-hydrogen) atoms. The van der Waals surface area contributed by atoms with E-state index in [1.807, 2.05) is 26.8 Å². The zero-order chi connectivity index (χ0) is 32.3. The highest BCUT2D eigenvalue weighted by Gasteiger charge is 2.48. The number of methoxy groups -OCH3 is 2. The molecule has 0 unspecified atom stereocenters. The average molecular weight is 623 g/mol. The second kappa shape index (κ2) is 13.3. The summed E-state index contributed by atoms with van der Waals surface area (Å²) in [6.45, 7) is 6.24. The molecular weight excluding hydrogens is 579 g/mol. The number of amides is 2. The lowest BCUT2D eigenvalue weighted by Crippen LogP contribution is -2.49. The number of fused-ring (bicyclic) bond motifs is 1. The van der Waals surface area contributed by atoms with Crippen molar-refractivity contribution in [1.29, 1.82) is 0 Å². The van der Waals surface area contributed by atoms with E-state index in [2.05, 4.69) is 15.7 Å². The first kappa shape index (κ1) is 32.1. The van der Waals surface area contributed by atoms with Crippen molar-refractivity contribution in [3.8, 4) is 22.8 Å². The summed E-state index contributed by atoms with van der Waals surface area (Å²) in [7, 11) is 4.91. The lowest BCUT2D eigenvalue weighted by molar-refractivity contribution is 0.0590. The molecule has 3 heterocycles. The Morgan fingerprint density at radius 2 is 1.91 bits per heavy atom. The first-order chi connectivity index (χ1) is 21.6. The first-order valence-corrected chi connectivity index (χ1v) is 15.5. The number of hydrogen-bond donors (Lipinski definition) is 2. The average Bonchev–Trinajstić information content (AvgIpc) is 3.54. The summed E-state index contributed by atoms with van der Waals surface area (Å²) in [5.41, 5.74) is 1.14. The molecule has 1 aliphatic carbocycles. The third kappa shape index (κ3) is 6.41. The molecule has 0 spiro atoms. The van der Waals surface area contributed by atoms with Gasteiger partial charge < -0.3 is 29.7 Å². The standard InChI is InChI=1S/C33H43FN6O5/c1-7-8-15-45-32(42)37-24-12-10-9-11-23(24)36-30-28(34)27-26(29(38-30)21-17-35-39(4)18-21)31(41)40(33(27,2)3)19-20-13-14-22(43-5)16-25(20)44-6/h13-14,16-18,23-24H,7-12,15,19H2,1-6H3,(H,36,38)(H,37,42)/t23-,24+/m1/s1. The molecule has 0 radical (unpaired) electrons. The van der Waals surface area contributed by atoms with Gasteiger partial charge in [-0.3, -0.25) is 9.48 Å². The molecule has 1 aliphatic heterocycles. The monoisotopic (exact) mass is 622 g/mol. The van der Waals surface area contributed by atoms with Gasteiger partial charge in [0.05, 0.1) is 56.4 Å². The summed E-state index contributed by atoms with van der Waals surface area (Å²) in [5, 5.41) is 10.6. The van der Waals surface area contributed by atoms with Crippen molar-refractivity contribution >= 4 is 17.8 Å². The van der Waals surface area contributed by atoms with Gasteiger partial charge in [0, 0.05) is 42.0 Å². The number of pyridine rings is 1. The van der Waals surface area contributed by atoms with Gasteiger partial charge in [-0.1, -0.05) is 26.2 Å². The van der Waals surface area contributed by atoms with Crippen LogP contribution in [0.3, 0.4) is 0 Å². The van der Waals surface area contributed by atoms with Crippen molar-refractivity contribution in [2.45, 2.75) is 83.5 Å². The normalized spacial score (nSPS) is 18.8. The third-order valence-corrected chi connectivity index (χ3v) is 8.81. The topological polar surface area (TPSA) is 120 Å². The molecule has 2 atom stereocenters. The Bertz CT molecular complexity index is 1560. The Labute approximate surface area is 263 Å². The van der Waals surface area contributed by atoms with Crippen LogP contribution in [0.15, 0.2) is 30.6 Å². The fourth-order valence-electron chi connectivity index (χ4n) is 6.29. The van der Waals surface area contributed by atoms with E-state index in [0.29, 0.717) is 35.8 Å². The van der Waals surface area contributed by atoms with E-state index >= 15 is 4.39 Å². The van der Waals surface area contributed by atoms with Crippen molar-refractivity contribution < 1.29 is 28.2 Å². The Morgan fingerprint density at radius 1 is 1.16 bits per heavy atom. The van der Waals surface area contributed by atoms with E-state index < -0.39 is 17.4 Å². The van der Waals surface area contributed by atoms with Crippen molar-refractivity contribution in [2.75, 3.05) is 26.1 Å². The van der Waals surface area contributed by atoms with Crippen LogP contribution in [0, 0.1) is 5.82 Å². The predicted octanol–water partition coefficient (Wildman–Crippen LogP) is 5.78. The maximum absolute atomic E-state index is 16.8. The molecule has 2 N–H and O–H groups in total. The van der Waals surface area contributed by atoms with Gasteiger partial charge in [0.1, 0.15) is 11.5 Å². The molecule has 5 rings (SSSR count). The maximum atomic E-state index is 16.8. The van der Waals surface area contributed by atoms with Gasteiger partial charge in [0.15, 0.2) is 11.6 Å². The van der Waals surface area contributed by atoms with Gasteiger partial charge in [-0.15, -0.1) is 0 Å². The minimum absolute atomic E-state index is 0.0374. The number of nitrogens with zero attached hydrogens (tertiary/aromatic N) is 4. The molecular formula is C33H43FN6O5. The van der Waals surface area contributed by atoms with Gasteiger partial charge in [0.2, 0.25) is 0 Å². The molecule has 1 saturated carbocycles. The predicted molar refractivity (Wildman–Crippen MR) is 168 cm³/mol. The molecule has 2 amide bonds. The molecule has 2 aliphatic rings. The summed E-state index contributed by atoms with van der Waals surface area (Å²) in [4.78, 5) is 33.1. The van der Waals surface area contributed by atoms with Gasteiger partial charge >= 0.3 is 6.09 Å². The number of aryl methyl sites for hydroxylation is 1. The number of halogens is 1. The van der Waals surface area contributed by atoms with Crippen LogP contribution in [0.25, 0.3) is 11.3 Å². The van der Waals surface area contributed by atoms with Crippen LogP contribution in [-0.4, -0.2) is 64.6 Å². The highest BCUT2D eigenvalue weighted by atomic mass is 19.1. The number of anilines is 1. The second-order valence-corrected chi connectivity index (χ2v) is 12.2. The van der Waals surface area contributed by atoms with Crippen LogP contribution in [-0.2, 0) is 23.9 Å². The number of nitrogens with one attached hydrogen (secondary N) is 2. The van der Waals surface area contributed by atoms with E-state index in [9.17, 15) is 9.59 Å². The molecule has 12 heteroatoms. The lowest BCUT2D eigenvalue weighted by atomic mass is 9.89. The second-order valence-electron chi connectivity index (χ2n) is 12.2. The molecule has 1 fully saturated rings. The lowest BCUT2D eigenvalue weighted by Gasteiger charge is -2.34. The number of carbonyl (C=O) groups is 2. The summed E-state index contributed by atoms with van der Waals surface area (Å²) in [6, 6.07) is 4.86. The number of ether oxygens (including phenoxy) is 3. The van der Waals surface area contributed by atoms with E-state index in [1.54, 1.807) is 55.4 Å². The molecule has 2 aromatic heterocycles. The molecule has 0 saturated heterocycles. The minimum Gasteiger partial charge on any atom is -0.497 e. The van der Waals surface area contributed by atoms with Crippen molar-refractivity contribution in [3.05, 3.63) is 53.1 Å². The number of benzene rings is 1. The fraction of sp³-hybridized carbons (Fsp3) is 0.515. The maximum Gasteiger partial charge on any atom is 0.407 e. The SMILES string of the molecule is CCCCOC(=O)N[C@H]1CCCC[C@H]1Nc1nc(-c2cnn(C)c2)c2c(c1F)C(C)(C)N(Cc1ccc(OC)cc1OC)C2=O. The molecule has 242 valence electrons. The van der Waals surface area contributed by atoms with E-state index in [4.69, 9.17) is 19.2 Å². The van der Waals surface area contributed by atoms with Gasteiger partial charge in [-0.05, 0) is 45.2 Å². The van der Waals surface area contributed by atoms with Crippen LogP contribution in [0.4, 0.5) is 15.0 Å². The highest BCUT2D eigenvalue weighted by molar-refractivity contribution is 6.05. The Kier molecular flexibility index (Phi) is 9.50. The number of aromatic nitrogens is 3. The first-order valence-electron chi connectivity index (χ1n) is 15.5. The number of unbranched alkanes of at least 4 members (excludes halogenated alkanes) is 1. The third-order valence-electron chi connectivity index (χ3n) is 8.81. The van der Waals surface area contributed by atoms with Crippen molar-refractivity contribution in [3.63, 3.8) is 0 Å². The van der Waals surface area contributed by atoms with Gasteiger partial charge in [-0.25, -0.2) is 14.2 Å². The van der Waals surface area contributed by atoms with E-state index in [0.717, 1.165) is 37.7 Å². The number of alkyl carbamates (subject to hydrolysis) is 1. The highest BCUT2D eigenvalue weighted by Crippen LogP contribution is 2.47. The summed E-state index contributed by atoms with van der Waals surface area (Å²) < 4.78 is 34.7. The van der Waals surface area contributed by atoms with Crippen LogP contribution < -0.4 is 20.1 Å². The number of hydrogen-bond acceptors (Lipinski definition) is 8. The molecule has 3 aromatic rings. The number of carbonyl (C=O) groups excluding carboxylic acids is 2. The Morgan fingerprint density at radius 3 is 2.58 bits per heavy atom. The van der Waals surface area contributed by atoms with E-state index in [1.165, 1.54) is 0 Å². The van der Waals surface area contributed by atoms with Crippen molar-refractivity contribution in [2.24, 2.45) is 7.05 Å². The quantitative estimate of drug-likeness (QED) is 0.259. The Balaban J connectivity index is 1.52. The summed E-state index contributed by atoms with van der Waals surface area (Å²) in [6.07, 6.45) is 7.92. The fourth-order valence-corrected chi connectivity index (χ4v) is 6.29. The zero-order valence-corrected chi connectivity index (χ0v) is 26.9. The van der Waals surface area contributed by atoms with Crippen molar-refractivity contribution in [1.82, 2.24) is 25.0 Å². The van der Waals surface area contributed by atoms with Crippen LogP contribution in [0.1, 0.15) is 80.8 Å². The zero-order valence-electron chi connectivity index (χ0n) is 26.9. The largest absolute Gasteiger partial charge is 0.497 e. The summed E-state index contributed by atoms with van der Waals surface area (Å²) >= 11 is 0. The molecule has 0 bridgehead atoms. The molecule has 11 nitrogen and oxygen atoms in total. The number of rotatable bonds is 11. The smallest absolute Gasteiger partial charge is 0.407 e. The van der Waals surface area contributed by atoms with E-state index in [-0.39, 0.29) is 41.5 Å². The molecule has 1 aromatic carbocycles. The van der Waals surface area contributed by atoms with Crippen LogP contribution in [0.2, 0.25) is 0 Å². The van der Waals surface area contributed by atoms with Crippen LogP contribution in [0.5, 0.6) is 11.5 Å². The van der Waals surface area contributed by atoms with Gasteiger partial charge in [-0.2, -0.15) is 5.10 Å².